The van der Waals surface area contributed by atoms with Crippen LogP contribution in [0.2, 0.25) is 5.02 Å². The molecule has 0 bridgehead atoms. The molecule has 10 heteroatoms. The van der Waals surface area contributed by atoms with Crippen molar-refractivity contribution in [2.75, 3.05) is 31.1 Å². The summed E-state index contributed by atoms with van der Waals surface area (Å²) in [6.45, 7) is 2.64. The highest BCUT2D eigenvalue weighted by atomic mass is 35.5. The molecular formula is C24H22ClN7OS. The first-order valence-corrected chi connectivity index (χ1v) is 12.2. The summed E-state index contributed by atoms with van der Waals surface area (Å²) in [5.74, 6) is 0.354. The van der Waals surface area contributed by atoms with E-state index in [1.165, 1.54) is 11.8 Å². The summed E-state index contributed by atoms with van der Waals surface area (Å²) in [6, 6.07) is 19.3. The number of halogens is 1. The monoisotopic (exact) mass is 491 g/mol. The Morgan fingerprint density at radius 1 is 0.912 bits per heavy atom. The maximum atomic E-state index is 13.5. The van der Waals surface area contributed by atoms with Crippen LogP contribution < -0.4 is 4.90 Å². The average molecular weight is 492 g/mol. The molecule has 0 radical (unpaired) electrons. The van der Waals surface area contributed by atoms with E-state index in [2.05, 4.69) is 25.2 Å². The van der Waals surface area contributed by atoms with Crippen LogP contribution in [0.4, 0.5) is 5.69 Å². The molecule has 8 nitrogen and oxygen atoms in total. The molecule has 0 saturated carbocycles. The lowest BCUT2D eigenvalue weighted by molar-refractivity contribution is 0.0740. The van der Waals surface area contributed by atoms with Crippen molar-refractivity contribution in [2.45, 2.75) is 10.9 Å². The van der Waals surface area contributed by atoms with Gasteiger partial charge >= 0.3 is 0 Å². The summed E-state index contributed by atoms with van der Waals surface area (Å²) < 4.78 is 1.73. The molecule has 172 valence electrons. The van der Waals surface area contributed by atoms with E-state index in [9.17, 15) is 4.79 Å². The van der Waals surface area contributed by atoms with Crippen molar-refractivity contribution in [1.29, 1.82) is 0 Å². The molecular weight excluding hydrogens is 470 g/mol. The molecule has 0 atom stereocenters. The maximum absolute atomic E-state index is 13.5. The third kappa shape index (κ3) is 4.90. The number of nitrogens with zero attached hydrogens (tertiary/aromatic N) is 7. The Bertz CT molecular complexity index is 1260. The number of thioether (sulfide) groups is 1. The van der Waals surface area contributed by atoms with Gasteiger partial charge in [0.15, 0.2) is 10.9 Å². The van der Waals surface area contributed by atoms with E-state index in [-0.39, 0.29) is 5.91 Å². The van der Waals surface area contributed by atoms with Crippen LogP contribution in [-0.2, 0) is 5.75 Å². The molecule has 0 unspecified atom stereocenters. The largest absolute Gasteiger partial charge is 0.368 e. The van der Waals surface area contributed by atoms with Gasteiger partial charge in [0.2, 0.25) is 0 Å². The number of aromatic nitrogens is 5. The van der Waals surface area contributed by atoms with Crippen molar-refractivity contribution in [1.82, 2.24) is 29.9 Å². The molecule has 1 fully saturated rings. The number of para-hydroxylation sites is 1. The van der Waals surface area contributed by atoms with Gasteiger partial charge in [0.25, 0.3) is 5.91 Å². The topological polar surface area (TPSA) is 80.0 Å². The van der Waals surface area contributed by atoms with Crippen molar-refractivity contribution in [3.05, 3.63) is 89.5 Å². The third-order valence-electron chi connectivity index (χ3n) is 5.59. The second kappa shape index (κ2) is 10.2. The van der Waals surface area contributed by atoms with Crippen molar-refractivity contribution in [2.24, 2.45) is 0 Å². The molecule has 0 spiro atoms. The molecule has 1 amide bonds. The highest BCUT2D eigenvalue weighted by Crippen LogP contribution is 2.25. The van der Waals surface area contributed by atoms with Crippen molar-refractivity contribution < 1.29 is 4.79 Å². The second-order valence-electron chi connectivity index (χ2n) is 7.71. The lowest BCUT2D eigenvalue weighted by atomic mass is 10.2. The van der Waals surface area contributed by atoms with Crippen molar-refractivity contribution in [3.8, 4) is 5.69 Å². The standard InChI is InChI=1S/C24H22ClN7OS/c25-18-6-4-9-20(16-18)30-12-14-31(15-13-30)23(33)22-21(17-34-24-26-10-5-11-27-24)32(29-28-22)19-7-2-1-3-8-19/h1-11,16H,12-15,17H2. The van der Waals surface area contributed by atoms with Crippen LogP contribution in [-0.4, -0.2) is 61.9 Å². The fourth-order valence-electron chi connectivity index (χ4n) is 3.86. The first kappa shape index (κ1) is 22.4. The van der Waals surface area contributed by atoms with Gasteiger partial charge in [0.1, 0.15) is 0 Å². The van der Waals surface area contributed by atoms with E-state index >= 15 is 0 Å². The van der Waals surface area contributed by atoms with Gasteiger partial charge in [-0.2, -0.15) is 0 Å². The fraction of sp³-hybridized carbons (Fsp3) is 0.208. The van der Waals surface area contributed by atoms with Gasteiger partial charge in [0, 0.05) is 55.0 Å². The Labute approximate surface area is 206 Å². The summed E-state index contributed by atoms with van der Waals surface area (Å²) in [7, 11) is 0. The quantitative estimate of drug-likeness (QED) is 0.298. The van der Waals surface area contributed by atoms with Crippen LogP contribution in [0.1, 0.15) is 16.2 Å². The lowest BCUT2D eigenvalue weighted by Gasteiger charge is -2.36. The number of amides is 1. The lowest BCUT2D eigenvalue weighted by Crippen LogP contribution is -2.49. The van der Waals surface area contributed by atoms with Gasteiger partial charge in [-0.15, -0.1) is 5.10 Å². The van der Waals surface area contributed by atoms with E-state index in [0.29, 0.717) is 34.7 Å². The maximum Gasteiger partial charge on any atom is 0.276 e. The normalized spacial score (nSPS) is 13.8. The minimum absolute atomic E-state index is 0.113. The number of carbonyl (C=O) groups is 1. The predicted octanol–water partition coefficient (Wildman–Crippen LogP) is 3.97. The third-order valence-corrected chi connectivity index (χ3v) is 6.71. The van der Waals surface area contributed by atoms with E-state index in [1.807, 2.05) is 59.5 Å². The van der Waals surface area contributed by atoms with E-state index in [0.717, 1.165) is 30.2 Å². The SMILES string of the molecule is O=C(c1nnn(-c2ccccc2)c1CSc1ncccn1)N1CCN(c2cccc(Cl)c2)CC1. The van der Waals surface area contributed by atoms with Crippen LogP contribution in [0, 0.1) is 0 Å². The summed E-state index contributed by atoms with van der Waals surface area (Å²) in [5, 5.41) is 9.97. The second-order valence-corrected chi connectivity index (χ2v) is 9.09. The summed E-state index contributed by atoms with van der Waals surface area (Å²) in [6.07, 6.45) is 3.40. The molecule has 1 aliphatic rings. The van der Waals surface area contributed by atoms with Crippen LogP contribution in [0.5, 0.6) is 0 Å². The zero-order valence-corrected chi connectivity index (χ0v) is 19.9. The van der Waals surface area contributed by atoms with Gasteiger partial charge in [-0.1, -0.05) is 52.8 Å². The Morgan fingerprint density at radius 2 is 1.65 bits per heavy atom. The van der Waals surface area contributed by atoms with Crippen LogP contribution in [0.3, 0.4) is 0 Å². The Hall–Kier alpha value is -3.43. The predicted molar refractivity (Wildman–Crippen MR) is 133 cm³/mol. The number of hydrogen-bond acceptors (Lipinski definition) is 7. The van der Waals surface area contributed by atoms with E-state index in [1.54, 1.807) is 23.1 Å². The van der Waals surface area contributed by atoms with Gasteiger partial charge in [0.05, 0.1) is 11.4 Å². The van der Waals surface area contributed by atoms with Crippen LogP contribution in [0.15, 0.2) is 78.2 Å². The number of piperazine rings is 1. The smallest absolute Gasteiger partial charge is 0.276 e. The summed E-state index contributed by atoms with van der Waals surface area (Å²) in [5.41, 5.74) is 3.01. The zero-order valence-electron chi connectivity index (χ0n) is 18.3. The molecule has 1 aliphatic heterocycles. The molecule has 2 aromatic heterocycles. The van der Waals surface area contributed by atoms with Gasteiger partial charge in [-0.25, -0.2) is 14.6 Å². The number of rotatable bonds is 6. The molecule has 0 N–H and O–H groups in total. The van der Waals surface area contributed by atoms with Gasteiger partial charge in [-0.3, -0.25) is 4.79 Å². The summed E-state index contributed by atoms with van der Waals surface area (Å²) in [4.78, 5) is 26.1. The molecule has 2 aromatic carbocycles. The van der Waals surface area contributed by atoms with Crippen LogP contribution >= 0.6 is 23.4 Å². The number of anilines is 1. The molecule has 4 aromatic rings. The van der Waals surface area contributed by atoms with E-state index < -0.39 is 0 Å². The van der Waals surface area contributed by atoms with Crippen molar-refractivity contribution >= 4 is 35.0 Å². The van der Waals surface area contributed by atoms with E-state index in [4.69, 9.17) is 11.6 Å². The Kier molecular flexibility index (Phi) is 6.73. The molecule has 5 rings (SSSR count). The highest BCUT2D eigenvalue weighted by molar-refractivity contribution is 7.98. The number of benzene rings is 2. The van der Waals surface area contributed by atoms with Crippen molar-refractivity contribution in [3.63, 3.8) is 0 Å². The average Bonchev–Trinajstić information content (AvgIpc) is 3.32. The molecule has 1 saturated heterocycles. The Morgan fingerprint density at radius 3 is 2.38 bits per heavy atom. The first-order valence-electron chi connectivity index (χ1n) is 10.9. The number of carbonyl (C=O) groups excluding carboxylic acids is 1. The van der Waals surface area contributed by atoms with Gasteiger partial charge in [-0.05, 0) is 36.4 Å². The summed E-state index contributed by atoms with van der Waals surface area (Å²) >= 11 is 7.60. The molecule has 0 aliphatic carbocycles. The zero-order chi connectivity index (χ0) is 23.3. The van der Waals surface area contributed by atoms with Crippen LogP contribution in [0.25, 0.3) is 5.69 Å². The highest BCUT2D eigenvalue weighted by Gasteiger charge is 2.28. The first-order chi connectivity index (χ1) is 16.7. The fourth-order valence-corrected chi connectivity index (χ4v) is 4.84. The number of hydrogen-bond donors (Lipinski definition) is 0. The van der Waals surface area contributed by atoms with Gasteiger partial charge < -0.3 is 9.80 Å². The molecule has 34 heavy (non-hydrogen) atoms. The minimum atomic E-state index is -0.113. The Balaban J connectivity index is 1.36. The molecule has 3 heterocycles. The minimum Gasteiger partial charge on any atom is -0.368 e.